The van der Waals surface area contributed by atoms with Gasteiger partial charge in [-0.05, 0) is 47.2 Å². The van der Waals surface area contributed by atoms with Gasteiger partial charge >= 0.3 is 12.0 Å². The van der Waals surface area contributed by atoms with Crippen molar-refractivity contribution in [3.63, 3.8) is 0 Å². The second-order valence-corrected chi connectivity index (χ2v) is 5.88. The average molecular weight is 403 g/mol. The van der Waals surface area contributed by atoms with Gasteiger partial charge in [0.1, 0.15) is 0 Å². The van der Waals surface area contributed by atoms with Crippen LogP contribution in [0.25, 0.3) is 0 Å². The number of hydrogen-bond acceptors (Lipinski definition) is 3. The van der Waals surface area contributed by atoms with Gasteiger partial charge in [-0.2, -0.15) is 0 Å². The van der Waals surface area contributed by atoms with E-state index in [1.54, 1.807) is 12.1 Å². The van der Waals surface area contributed by atoms with Gasteiger partial charge in [-0.25, -0.2) is 9.59 Å². The first-order chi connectivity index (χ1) is 9.95. The molecule has 0 radical (unpaired) electrons. The van der Waals surface area contributed by atoms with Crippen molar-refractivity contribution in [1.29, 1.82) is 0 Å². The van der Waals surface area contributed by atoms with Gasteiger partial charge in [0.05, 0.1) is 11.3 Å². The highest BCUT2D eigenvalue weighted by Crippen LogP contribution is 2.19. The van der Waals surface area contributed by atoms with E-state index < -0.39 is 12.0 Å². The highest BCUT2D eigenvalue weighted by atomic mass is 127. The maximum absolute atomic E-state index is 11.9. The van der Waals surface area contributed by atoms with Crippen LogP contribution in [-0.4, -0.2) is 35.6 Å². The molecule has 1 fully saturated rings. The van der Waals surface area contributed by atoms with Crippen LogP contribution in [0.15, 0.2) is 18.2 Å². The molecule has 0 bridgehead atoms. The molecule has 8 heteroatoms. The van der Waals surface area contributed by atoms with Crippen LogP contribution in [-0.2, 0) is 4.79 Å². The SMILES string of the molecule is O=C1CCC(NC(=O)Nc2ccc(I)cc2C(=O)O)CN1. The first-order valence-electron chi connectivity index (χ1n) is 6.33. The zero-order chi connectivity index (χ0) is 15.4. The summed E-state index contributed by atoms with van der Waals surface area (Å²) < 4.78 is 0.769. The third kappa shape index (κ3) is 4.31. The Balaban J connectivity index is 1.99. The zero-order valence-electron chi connectivity index (χ0n) is 11.0. The highest BCUT2D eigenvalue weighted by molar-refractivity contribution is 14.1. The molecule has 112 valence electrons. The molecule has 3 amide bonds. The molecule has 1 aliphatic rings. The second kappa shape index (κ2) is 6.74. The number of piperidine rings is 1. The van der Waals surface area contributed by atoms with E-state index in [9.17, 15) is 14.4 Å². The number of carboxylic acids is 1. The molecule has 0 aliphatic carbocycles. The largest absolute Gasteiger partial charge is 0.478 e. The number of carbonyl (C=O) groups is 3. The molecule has 1 aliphatic heterocycles. The fraction of sp³-hybridized carbons (Fsp3) is 0.308. The molecular formula is C13H14IN3O4. The second-order valence-electron chi connectivity index (χ2n) is 4.63. The smallest absolute Gasteiger partial charge is 0.337 e. The summed E-state index contributed by atoms with van der Waals surface area (Å²) >= 11 is 2.00. The van der Waals surface area contributed by atoms with E-state index in [4.69, 9.17) is 5.11 Å². The lowest BCUT2D eigenvalue weighted by Gasteiger charge is -2.23. The Labute approximate surface area is 134 Å². The molecule has 1 unspecified atom stereocenters. The third-order valence-electron chi connectivity index (χ3n) is 3.06. The Hall–Kier alpha value is -1.84. The number of halogens is 1. The third-order valence-corrected chi connectivity index (χ3v) is 3.73. The fourth-order valence-electron chi connectivity index (χ4n) is 2.00. The Bertz CT molecular complexity index is 581. The van der Waals surface area contributed by atoms with E-state index in [2.05, 4.69) is 16.0 Å². The molecule has 1 aromatic carbocycles. The van der Waals surface area contributed by atoms with Crippen LogP contribution in [0.4, 0.5) is 10.5 Å². The maximum Gasteiger partial charge on any atom is 0.337 e. The molecule has 0 aromatic heterocycles. The van der Waals surface area contributed by atoms with Gasteiger partial charge in [0, 0.05) is 22.6 Å². The van der Waals surface area contributed by atoms with Crippen LogP contribution in [0.3, 0.4) is 0 Å². The number of nitrogens with one attached hydrogen (secondary N) is 3. The molecule has 1 atom stereocenters. The number of amides is 3. The summed E-state index contributed by atoms with van der Waals surface area (Å²) in [5, 5.41) is 17.0. The van der Waals surface area contributed by atoms with Crippen LogP contribution in [0.1, 0.15) is 23.2 Å². The van der Waals surface area contributed by atoms with Crippen molar-refractivity contribution in [2.75, 3.05) is 11.9 Å². The van der Waals surface area contributed by atoms with Gasteiger partial charge in [0.2, 0.25) is 5.91 Å². The molecule has 0 spiro atoms. The van der Waals surface area contributed by atoms with Gasteiger partial charge in [-0.1, -0.05) is 0 Å². The molecule has 2 rings (SSSR count). The minimum absolute atomic E-state index is 0.0285. The van der Waals surface area contributed by atoms with Crippen molar-refractivity contribution in [2.24, 2.45) is 0 Å². The Morgan fingerprint density at radius 1 is 1.38 bits per heavy atom. The summed E-state index contributed by atoms with van der Waals surface area (Å²) in [5.41, 5.74) is 0.272. The summed E-state index contributed by atoms with van der Waals surface area (Å²) in [6.45, 7) is 0.380. The number of carbonyl (C=O) groups excluding carboxylic acids is 2. The lowest BCUT2D eigenvalue weighted by molar-refractivity contribution is -0.122. The quantitative estimate of drug-likeness (QED) is 0.573. The summed E-state index contributed by atoms with van der Waals surface area (Å²) in [7, 11) is 0. The van der Waals surface area contributed by atoms with Crippen molar-refractivity contribution < 1.29 is 19.5 Å². The molecule has 4 N–H and O–H groups in total. The van der Waals surface area contributed by atoms with E-state index >= 15 is 0 Å². The van der Waals surface area contributed by atoms with Gasteiger partial charge in [-0.3, -0.25) is 4.79 Å². The monoisotopic (exact) mass is 403 g/mol. The van der Waals surface area contributed by atoms with Gasteiger partial charge in [-0.15, -0.1) is 0 Å². The predicted molar refractivity (Wildman–Crippen MR) is 84.3 cm³/mol. The fourth-order valence-corrected chi connectivity index (χ4v) is 2.49. The molecule has 21 heavy (non-hydrogen) atoms. The number of carboxylic acid groups (broad SMARTS) is 1. The molecule has 1 heterocycles. The summed E-state index contributed by atoms with van der Waals surface area (Å²) in [5.74, 6) is -1.13. The standard InChI is InChI=1S/C13H14IN3O4/c14-7-1-3-10(9(5-7)12(19)20)17-13(21)16-8-2-4-11(18)15-6-8/h1,3,5,8H,2,4,6H2,(H,15,18)(H,19,20)(H2,16,17,21). The number of hydrogen-bond donors (Lipinski definition) is 4. The highest BCUT2D eigenvalue weighted by Gasteiger charge is 2.20. The normalized spacial score (nSPS) is 17.8. The van der Waals surface area contributed by atoms with Crippen molar-refractivity contribution in [1.82, 2.24) is 10.6 Å². The Morgan fingerprint density at radius 2 is 2.14 bits per heavy atom. The summed E-state index contributed by atoms with van der Waals surface area (Å²) in [6, 6.07) is 4.11. The summed E-state index contributed by atoms with van der Waals surface area (Å²) in [4.78, 5) is 34.1. The van der Waals surface area contributed by atoms with Gasteiger partial charge < -0.3 is 21.1 Å². The van der Waals surface area contributed by atoms with Crippen molar-refractivity contribution in [3.05, 3.63) is 27.3 Å². The van der Waals surface area contributed by atoms with E-state index in [1.165, 1.54) is 6.07 Å². The van der Waals surface area contributed by atoms with Crippen LogP contribution >= 0.6 is 22.6 Å². The van der Waals surface area contributed by atoms with Crippen molar-refractivity contribution >= 4 is 46.2 Å². The van der Waals surface area contributed by atoms with E-state index in [1.807, 2.05) is 22.6 Å². The minimum atomic E-state index is -1.10. The van der Waals surface area contributed by atoms with Crippen LogP contribution in [0.5, 0.6) is 0 Å². The maximum atomic E-state index is 11.9. The molecule has 1 saturated heterocycles. The number of benzene rings is 1. The molecular weight excluding hydrogens is 389 g/mol. The Kier molecular flexibility index (Phi) is 4.99. The average Bonchev–Trinajstić information content (AvgIpc) is 2.43. The van der Waals surface area contributed by atoms with Crippen molar-refractivity contribution in [2.45, 2.75) is 18.9 Å². The lowest BCUT2D eigenvalue weighted by Crippen LogP contribution is -2.49. The molecule has 0 saturated carbocycles. The molecule has 7 nitrogen and oxygen atoms in total. The zero-order valence-corrected chi connectivity index (χ0v) is 13.1. The lowest BCUT2D eigenvalue weighted by atomic mass is 10.1. The van der Waals surface area contributed by atoms with E-state index in [0.717, 1.165) is 3.57 Å². The van der Waals surface area contributed by atoms with Crippen molar-refractivity contribution in [3.8, 4) is 0 Å². The molecule has 1 aromatic rings. The number of urea groups is 1. The van der Waals surface area contributed by atoms with Crippen LogP contribution in [0.2, 0.25) is 0 Å². The number of anilines is 1. The minimum Gasteiger partial charge on any atom is -0.478 e. The predicted octanol–water partition coefficient (Wildman–Crippen LogP) is 1.39. The first-order valence-corrected chi connectivity index (χ1v) is 7.40. The number of rotatable bonds is 3. The summed E-state index contributed by atoms with van der Waals surface area (Å²) in [6.07, 6.45) is 0.937. The van der Waals surface area contributed by atoms with E-state index in [-0.39, 0.29) is 23.2 Å². The topological polar surface area (TPSA) is 108 Å². The Morgan fingerprint density at radius 3 is 2.76 bits per heavy atom. The van der Waals surface area contributed by atoms with Gasteiger partial charge in [0.15, 0.2) is 0 Å². The van der Waals surface area contributed by atoms with Crippen LogP contribution < -0.4 is 16.0 Å². The number of aromatic carboxylic acids is 1. The van der Waals surface area contributed by atoms with E-state index in [0.29, 0.717) is 19.4 Å². The first kappa shape index (κ1) is 15.5. The van der Waals surface area contributed by atoms with Gasteiger partial charge in [0.25, 0.3) is 0 Å². The van der Waals surface area contributed by atoms with Crippen LogP contribution in [0, 0.1) is 3.57 Å².